The number of rotatable bonds is 5. The average Bonchev–Trinajstić information content (AvgIpc) is 3.29. The lowest BCUT2D eigenvalue weighted by Crippen LogP contribution is -2.40. The first-order valence-electron chi connectivity index (χ1n) is 9.81. The zero-order valence-electron chi connectivity index (χ0n) is 16.3. The van der Waals surface area contributed by atoms with Crippen molar-refractivity contribution in [3.05, 3.63) is 35.7 Å². The first-order valence-corrected chi connectivity index (χ1v) is 9.81. The van der Waals surface area contributed by atoms with Gasteiger partial charge in [-0.25, -0.2) is 24.2 Å². The molecule has 0 saturated heterocycles. The van der Waals surface area contributed by atoms with Crippen molar-refractivity contribution in [2.45, 2.75) is 43.6 Å². The molecule has 11 heteroatoms. The molecule has 0 bridgehead atoms. The summed E-state index contributed by atoms with van der Waals surface area (Å²) in [5.41, 5.74) is 6.16. The van der Waals surface area contributed by atoms with Crippen molar-refractivity contribution in [1.29, 1.82) is 0 Å². The number of halogens is 2. The minimum absolute atomic E-state index is 0.0138. The number of aromatic nitrogens is 2. The zero-order valence-corrected chi connectivity index (χ0v) is 16.3. The van der Waals surface area contributed by atoms with Gasteiger partial charge >= 0.3 is 0 Å². The van der Waals surface area contributed by atoms with Crippen LogP contribution < -0.4 is 16.2 Å². The molecule has 0 spiro atoms. The van der Waals surface area contributed by atoms with E-state index in [2.05, 4.69) is 26.1 Å². The van der Waals surface area contributed by atoms with Gasteiger partial charge in [-0.05, 0) is 25.0 Å². The minimum atomic E-state index is -0.946. The molecule has 3 aliphatic rings. The lowest BCUT2D eigenvalue weighted by Gasteiger charge is -2.27. The number of anilines is 2. The average molecular weight is 422 g/mol. The lowest BCUT2D eigenvalue weighted by molar-refractivity contribution is -0.132. The van der Waals surface area contributed by atoms with Crippen LogP contribution in [0.1, 0.15) is 30.9 Å². The van der Waals surface area contributed by atoms with Crippen LogP contribution in [0.15, 0.2) is 30.1 Å². The summed E-state index contributed by atoms with van der Waals surface area (Å²) in [7, 11) is 1.53. The highest BCUT2D eigenvalue weighted by Gasteiger charge is 2.38. The number of amides is 1. The van der Waals surface area contributed by atoms with Crippen molar-refractivity contribution in [3.63, 3.8) is 0 Å². The molecule has 5 N–H and O–H groups in total. The van der Waals surface area contributed by atoms with Gasteiger partial charge in [-0.3, -0.25) is 4.79 Å². The Balaban J connectivity index is 1.50. The highest BCUT2D eigenvalue weighted by Crippen LogP contribution is 2.35. The maximum absolute atomic E-state index is 14.0. The van der Waals surface area contributed by atoms with E-state index in [0.29, 0.717) is 30.0 Å². The van der Waals surface area contributed by atoms with Crippen molar-refractivity contribution in [2.75, 3.05) is 24.3 Å². The molecule has 1 amide bonds. The molecule has 1 aliphatic heterocycles. The van der Waals surface area contributed by atoms with E-state index in [0.717, 1.165) is 12.2 Å². The number of fused-ring (bicyclic) bond motifs is 1. The van der Waals surface area contributed by atoms with E-state index in [1.54, 1.807) is 0 Å². The van der Waals surface area contributed by atoms with Crippen LogP contribution in [0.2, 0.25) is 0 Å². The van der Waals surface area contributed by atoms with E-state index >= 15 is 0 Å². The lowest BCUT2D eigenvalue weighted by atomic mass is 9.97. The van der Waals surface area contributed by atoms with E-state index in [4.69, 9.17) is 0 Å². The number of hydrazine groups is 1. The number of aliphatic hydroxyl groups is 2. The Morgan fingerprint density at radius 2 is 2.10 bits per heavy atom. The molecule has 4 rings (SSSR count). The summed E-state index contributed by atoms with van der Waals surface area (Å²) >= 11 is 0. The largest absolute Gasteiger partial charge is 0.390 e. The first kappa shape index (κ1) is 20.6. The third-order valence-electron chi connectivity index (χ3n) is 5.78. The predicted molar refractivity (Wildman–Crippen MR) is 104 cm³/mol. The maximum atomic E-state index is 14.0. The summed E-state index contributed by atoms with van der Waals surface area (Å²) < 4.78 is 27.6. The molecule has 1 saturated carbocycles. The number of nitrogens with one attached hydrogen (secondary N) is 3. The first-order chi connectivity index (χ1) is 14.3. The van der Waals surface area contributed by atoms with Crippen LogP contribution in [0, 0.1) is 5.92 Å². The Kier molecular flexibility index (Phi) is 5.67. The van der Waals surface area contributed by atoms with Gasteiger partial charge in [0.05, 0.1) is 23.8 Å². The fourth-order valence-corrected chi connectivity index (χ4v) is 4.07. The molecule has 30 heavy (non-hydrogen) atoms. The van der Waals surface area contributed by atoms with E-state index < -0.39 is 41.9 Å². The van der Waals surface area contributed by atoms with Crippen LogP contribution in [0.4, 0.5) is 20.4 Å². The van der Waals surface area contributed by atoms with Gasteiger partial charge in [0, 0.05) is 25.9 Å². The molecule has 0 aromatic carbocycles. The van der Waals surface area contributed by atoms with Crippen molar-refractivity contribution in [3.8, 4) is 0 Å². The second kappa shape index (κ2) is 8.25. The topological polar surface area (TPSA) is 123 Å². The van der Waals surface area contributed by atoms with Crippen LogP contribution in [0.5, 0.6) is 0 Å². The molecule has 2 aliphatic carbocycles. The van der Waals surface area contributed by atoms with Gasteiger partial charge < -0.3 is 25.9 Å². The van der Waals surface area contributed by atoms with Gasteiger partial charge in [0.25, 0.3) is 0 Å². The maximum Gasteiger partial charge on any atom is 0.246 e. The van der Waals surface area contributed by atoms with Crippen molar-refractivity contribution in [2.24, 2.45) is 5.92 Å². The van der Waals surface area contributed by atoms with Crippen LogP contribution in [-0.2, 0) is 4.79 Å². The fourth-order valence-electron chi connectivity index (χ4n) is 4.07. The molecule has 2 unspecified atom stereocenters. The Hall–Kier alpha value is -2.63. The van der Waals surface area contributed by atoms with Crippen molar-refractivity contribution in [1.82, 2.24) is 20.3 Å². The monoisotopic (exact) mass is 422 g/mol. The van der Waals surface area contributed by atoms with Crippen LogP contribution in [0.3, 0.4) is 0 Å². The Bertz CT molecular complexity index is 895. The number of aliphatic hydroxyl groups excluding tert-OH is 2. The van der Waals surface area contributed by atoms with Gasteiger partial charge in [0.1, 0.15) is 29.8 Å². The van der Waals surface area contributed by atoms with E-state index in [1.807, 2.05) is 0 Å². The molecule has 2 heterocycles. The zero-order chi connectivity index (χ0) is 21.4. The van der Waals surface area contributed by atoms with E-state index in [9.17, 15) is 23.8 Å². The number of hydrogen-bond acceptors (Lipinski definition) is 8. The number of carbonyl (C=O) groups is 1. The van der Waals surface area contributed by atoms with E-state index in [1.165, 1.54) is 18.3 Å². The number of allylic oxidation sites excluding steroid dienone is 3. The SMILES string of the molecule is CN(CC1CC(F)=CC=C1F)C(=O)C1NNc2ncnc(N[C@@H]3CC[C@@H](O)[C@H]3O)c21. The third-order valence-corrected chi connectivity index (χ3v) is 5.78. The molecule has 5 atom stereocenters. The normalized spacial score (nSPS) is 30.2. The Morgan fingerprint density at radius 3 is 2.83 bits per heavy atom. The summed E-state index contributed by atoms with van der Waals surface area (Å²) in [4.78, 5) is 22.8. The fraction of sp³-hybridized carbons (Fsp3) is 0.526. The number of hydrogen-bond donors (Lipinski definition) is 5. The standard InChI is InChI=1S/C19H24F2N6O3/c1-27(7-9-6-10(20)2-3-11(9)21)19(30)15-14-17(22-8-23-18(14)26-25-15)24-12-4-5-13(28)16(12)29/h2-3,8-9,12-13,15-16,25,28-29H,4-7H2,1H3,(H2,22,23,24,26)/t9?,12-,13-,15?,16+/m1/s1. The third kappa shape index (κ3) is 3.87. The summed E-state index contributed by atoms with van der Waals surface area (Å²) in [6.07, 6.45) is 2.65. The van der Waals surface area contributed by atoms with Gasteiger partial charge in [-0.2, -0.15) is 0 Å². The molecule has 1 aromatic rings. The van der Waals surface area contributed by atoms with Gasteiger partial charge in [0.2, 0.25) is 5.91 Å². The van der Waals surface area contributed by atoms with Gasteiger partial charge in [0.15, 0.2) is 5.82 Å². The molecule has 162 valence electrons. The van der Waals surface area contributed by atoms with Crippen LogP contribution in [-0.4, -0.2) is 62.8 Å². The second-order valence-electron chi connectivity index (χ2n) is 7.86. The summed E-state index contributed by atoms with van der Waals surface area (Å²) in [5, 5.41) is 23.0. The second-order valence-corrected chi connectivity index (χ2v) is 7.86. The van der Waals surface area contributed by atoms with Crippen LogP contribution in [0.25, 0.3) is 0 Å². The van der Waals surface area contributed by atoms with E-state index in [-0.39, 0.29) is 18.9 Å². The van der Waals surface area contributed by atoms with Gasteiger partial charge in [-0.15, -0.1) is 0 Å². The Labute approximate surface area is 171 Å². The molecular weight excluding hydrogens is 398 g/mol. The highest BCUT2D eigenvalue weighted by atomic mass is 19.1. The number of carbonyl (C=O) groups excluding carboxylic acids is 1. The predicted octanol–water partition coefficient (Wildman–Crippen LogP) is 0.929. The van der Waals surface area contributed by atoms with Crippen LogP contribution >= 0.6 is 0 Å². The molecule has 9 nitrogen and oxygen atoms in total. The highest BCUT2D eigenvalue weighted by molar-refractivity contribution is 5.88. The van der Waals surface area contributed by atoms with Crippen molar-refractivity contribution >= 4 is 17.5 Å². The summed E-state index contributed by atoms with van der Waals surface area (Å²) in [6, 6.07) is -1.27. The molecule has 0 radical (unpaired) electrons. The van der Waals surface area contributed by atoms with Crippen molar-refractivity contribution < 1.29 is 23.8 Å². The quantitative estimate of drug-likeness (QED) is 0.475. The van der Waals surface area contributed by atoms with Gasteiger partial charge in [-0.1, -0.05) is 0 Å². The number of nitrogens with zero attached hydrogens (tertiary/aromatic N) is 3. The molecule has 1 fully saturated rings. The summed E-state index contributed by atoms with van der Waals surface area (Å²) in [6.45, 7) is 0.0138. The smallest absolute Gasteiger partial charge is 0.246 e. The Morgan fingerprint density at radius 1 is 1.30 bits per heavy atom. The minimum Gasteiger partial charge on any atom is -0.390 e. The molecule has 1 aromatic heterocycles. The summed E-state index contributed by atoms with van der Waals surface area (Å²) in [5.74, 6) is -1.23. The molecular formula is C19H24F2N6O3. The number of likely N-dealkylation sites (N-methyl/N-ethyl adjacent to an activating group) is 1.